The molecular formula is C23H23N3O5. The molecule has 160 valence electrons. The van der Waals surface area contributed by atoms with Crippen molar-refractivity contribution in [1.29, 1.82) is 0 Å². The fraction of sp³-hybridized carbons (Fsp3) is 0.304. The Kier molecular flexibility index (Phi) is 5.97. The van der Waals surface area contributed by atoms with Crippen LogP contribution in [0.3, 0.4) is 0 Å². The van der Waals surface area contributed by atoms with Crippen LogP contribution in [-0.4, -0.2) is 65.7 Å². The monoisotopic (exact) mass is 421 g/mol. The number of benzene rings is 2. The number of amides is 4. The SMILES string of the molecule is O=C(CN1C(=O)c2ccccc2C1=O)NC1CCN(C(=O)COc2ccccc2)CC1. The molecule has 0 bridgehead atoms. The van der Waals surface area contributed by atoms with E-state index in [1.54, 1.807) is 41.3 Å². The maximum Gasteiger partial charge on any atom is 0.262 e. The molecule has 4 rings (SSSR count). The molecule has 0 spiro atoms. The van der Waals surface area contributed by atoms with Gasteiger partial charge in [-0.25, -0.2) is 0 Å². The van der Waals surface area contributed by atoms with Crippen LogP contribution in [0.5, 0.6) is 5.75 Å². The molecular weight excluding hydrogens is 398 g/mol. The Labute approximate surface area is 179 Å². The number of para-hydroxylation sites is 1. The van der Waals surface area contributed by atoms with Crippen molar-refractivity contribution in [1.82, 2.24) is 15.1 Å². The summed E-state index contributed by atoms with van der Waals surface area (Å²) in [6.07, 6.45) is 1.20. The Morgan fingerprint density at radius 2 is 1.48 bits per heavy atom. The molecule has 31 heavy (non-hydrogen) atoms. The minimum absolute atomic E-state index is 0.0270. The molecule has 2 aliphatic rings. The first-order chi connectivity index (χ1) is 15.0. The second kappa shape index (κ2) is 8.99. The van der Waals surface area contributed by atoms with E-state index in [1.165, 1.54) is 0 Å². The molecule has 0 atom stereocenters. The Balaban J connectivity index is 1.22. The topological polar surface area (TPSA) is 96.0 Å². The van der Waals surface area contributed by atoms with Crippen LogP contribution in [0.1, 0.15) is 33.6 Å². The second-order valence-electron chi connectivity index (χ2n) is 7.57. The van der Waals surface area contributed by atoms with Crippen molar-refractivity contribution in [2.45, 2.75) is 18.9 Å². The number of carbonyl (C=O) groups is 4. The van der Waals surface area contributed by atoms with Crippen molar-refractivity contribution in [3.05, 3.63) is 65.7 Å². The summed E-state index contributed by atoms with van der Waals surface area (Å²) in [6.45, 7) is 0.682. The molecule has 0 unspecified atom stereocenters. The highest BCUT2D eigenvalue weighted by molar-refractivity contribution is 6.22. The van der Waals surface area contributed by atoms with Crippen molar-refractivity contribution in [3.63, 3.8) is 0 Å². The average molecular weight is 421 g/mol. The van der Waals surface area contributed by atoms with E-state index in [1.807, 2.05) is 18.2 Å². The predicted octanol–water partition coefficient (Wildman–Crippen LogP) is 1.47. The predicted molar refractivity (Wildman–Crippen MR) is 111 cm³/mol. The van der Waals surface area contributed by atoms with Gasteiger partial charge in [0.1, 0.15) is 12.3 Å². The van der Waals surface area contributed by atoms with Crippen LogP contribution in [-0.2, 0) is 9.59 Å². The van der Waals surface area contributed by atoms with E-state index in [0.717, 1.165) is 4.90 Å². The third-order valence-corrected chi connectivity index (χ3v) is 5.50. The van der Waals surface area contributed by atoms with E-state index in [0.29, 0.717) is 42.8 Å². The van der Waals surface area contributed by atoms with Crippen molar-refractivity contribution >= 4 is 23.6 Å². The van der Waals surface area contributed by atoms with Crippen molar-refractivity contribution < 1.29 is 23.9 Å². The zero-order valence-corrected chi connectivity index (χ0v) is 17.0. The molecule has 1 saturated heterocycles. The third-order valence-electron chi connectivity index (χ3n) is 5.50. The molecule has 0 aliphatic carbocycles. The molecule has 8 heteroatoms. The number of carbonyl (C=O) groups excluding carboxylic acids is 4. The van der Waals surface area contributed by atoms with Gasteiger partial charge in [-0.1, -0.05) is 30.3 Å². The number of nitrogens with zero attached hydrogens (tertiary/aromatic N) is 2. The van der Waals surface area contributed by atoms with E-state index in [2.05, 4.69) is 5.32 Å². The highest BCUT2D eigenvalue weighted by Gasteiger charge is 2.36. The van der Waals surface area contributed by atoms with E-state index in [9.17, 15) is 19.2 Å². The first kappa shape index (κ1) is 20.6. The lowest BCUT2D eigenvalue weighted by Gasteiger charge is -2.32. The van der Waals surface area contributed by atoms with Gasteiger partial charge in [0, 0.05) is 19.1 Å². The summed E-state index contributed by atoms with van der Waals surface area (Å²) in [5.74, 6) is -0.735. The zero-order chi connectivity index (χ0) is 21.8. The lowest BCUT2D eigenvalue weighted by atomic mass is 10.0. The Hall–Kier alpha value is -3.68. The average Bonchev–Trinajstić information content (AvgIpc) is 3.03. The first-order valence-corrected chi connectivity index (χ1v) is 10.2. The van der Waals surface area contributed by atoms with Gasteiger partial charge in [-0.3, -0.25) is 24.1 Å². The molecule has 8 nitrogen and oxygen atoms in total. The smallest absolute Gasteiger partial charge is 0.262 e. The third kappa shape index (κ3) is 4.58. The van der Waals surface area contributed by atoms with E-state index < -0.39 is 11.8 Å². The van der Waals surface area contributed by atoms with Crippen LogP contribution in [0.15, 0.2) is 54.6 Å². The summed E-state index contributed by atoms with van der Waals surface area (Å²) in [6, 6.07) is 15.6. The van der Waals surface area contributed by atoms with Crippen molar-refractivity contribution in [2.24, 2.45) is 0 Å². The summed E-state index contributed by atoms with van der Waals surface area (Å²) in [4.78, 5) is 52.2. The first-order valence-electron chi connectivity index (χ1n) is 10.2. The lowest BCUT2D eigenvalue weighted by molar-refractivity contribution is -0.134. The van der Waals surface area contributed by atoms with Gasteiger partial charge in [0.25, 0.3) is 17.7 Å². The fourth-order valence-corrected chi connectivity index (χ4v) is 3.83. The van der Waals surface area contributed by atoms with Crippen molar-refractivity contribution in [2.75, 3.05) is 26.2 Å². The number of rotatable bonds is 6. The quantitative estimate of drug-likeness (QED) is 0.713. The minimum Gasteiger partial charge on any atom is -0.484 e. The minimum atomic E-state index is -0.449. The zero-order valence-electron chi connectivity index (χ0n) is 17.0. The summed E-state index contributed by atoms with van der Waals surface area (Å²) in [5.41, 5.74) is 0.648. The van der Waals surface area contributed by atoms with Gasteiger partial charge in [-0.15, -0.1) is 0 Å². The maximum absolute atomic E-state index is 12.4. The summed E-state index contributed by atoms with van der Waals surface area (Å²) in [5, 5.41) is 2.88. The summed E-state index contributed by atoms with van der Waals surface area (Å²) in [7, 11) is 0. The fourth-order valence-electron chi connectivity index (χ4n) is 3.83. The van der Waals surface area contributed by atoms with E-state index >= 15 is 0 Å². The molecule has 1 fully saturated rings. The highest BCUT2D eigenvalue weighted by Crippen LogP contribution is 2.22. The van der Waals surface area contributed by atoms with Gasteiger partial charge < -0.3 is 15.0 Å². The molecule has 4 amide bonds. The van der Waals surface area contributed by atoms with E-state index in [4.69, 9.17) is 4.74 Å². The standard InChI is InChI=1S/C23H23N3O5/c27-20(14-26-22(29)18-8-4-5-9-19(18)23(26)30)24-16-10-12-25(13-11-16)21(28)15-31-17-6-2-1-3-7-17/h1-9,16H,10-15H2,(H,24,27). The molecule has 0 aromatic heterocycles. The largest absolute Gasteiger partial charge is 0.484 e. The van der Waals surface area contributed by atoms with E-state index in [-0.39, 0.29) is 31.0 Å². The number of fused-ring (bicyclic) bond motifs is 1. The van der Waals surface area contributed by atoms with Gasteiger partial charge in [0.05, 0.1) is 11.1 Å². The Bertz CT molecular complexity index is 964. The number of likely N-dealkylation sites (tertiary alicyclic amines) is 1. The molecule has 2 aromatic carbocycles. The number of ether oxygens (including phenoxy) is 1. The number of nitrogens with one attached hydrogen (secondary N) is 1. The van der Waals surface area contributed by atoms with Gasteiger partial charge >= 0.3 is 0 Å². The normalized spacial score (nSPS) is 16.3. The molecule has 0 radical (unpaired) electrons. The van der Waals surface area contributed by atoms with Crippen molar-refractivity contribution in [3.8, 4) is 5.75 Å². The number of hydrogen-bond acceptors (Lipinski definition) is 5. The van der Waals surface area contributed by atoms with Crippen LogP contribution in [0.2, 0.25) is 0 Å². The van der Waals surface area contributed by atoms with Crippen LogP contribution in [0.25, 0.3) is 0 Å². The van der Waals surface area contributed by atoms with Gasteiger partial charge in [-0.2, -0.15) is 0 Å². The number of hydrogen-bond donors (Lipinski definition) is 1. The maximum atomic E-state index is 12.4. The summed E-state index contributed by atoms with van der Waals surface area (Å²) < 4.78 is 5.50. The second-order valence-corrected chi connectivity index (χ2v) is 7.57. The lowest BCUT2D eigenvalue weighted by Crippen LogP contribution is -2.50. The van der Waals surface area contributed by atoms with Crippen LogP contribution >= 0.6 is 0 Å². The summed E-state index contributed by atoms with van der Waals surface area (Å²) >= 11 is 0. The van der Waals surface area contributed by atoms with Gasteiger partial charge in [0.2, 0.25) is 5.91 Å². The van der Waals surface area contributed by atoms with Crippen LogP contribution in [0.4, 0.5) is 0 Å². The highest BCUT2D eigenvalue weighted by atomic mass is 16.5. The van der Waals surface area contributed by atoms with Gasteiger partial charge in [0.15, 0.2) is 6.61 Å². The molecule has 2 heterocycles. The molecule has 1 N–H and O–H groups in total. The Morgan fingerprint density at radius 3 is 2.10 bits per heavy atom. The van der Waals surface area contributed by atoms with Crippen LogP contribution < -0.4 is 10.1 Å². The molecule has 0 saturated carbocycles. The molecule has 2 aromatic rings. The van der Waals surface area contributed by atoms with Gasteiger partial charge in [-0.05, 0) is 37.1 Å². The number of imide groups is 1. The Morgan fingerprint density at radius 1 is 0.903 bits per heavy atom. The number of piperidine rings is 1. The molecule has 2 aliphatic heterocycles. The van der Waals surface area contributed by atoms with Crippen LogP contribution in [0, 0.1) is 0 Å².